The highest BCUT2D eigenvalue weighted by Gasteiger charge is 2.20. The van der Waals surface area contributed by atoms with E-state index in [4.69, 9.17) is 15.2 Å². The van der Waals surface area contributed by atoms with E-state index in [1.807, 2.05) is 20.8 Å². The molecular weight excluding hydrogens is 270 g/mol. The first-order valence-electron chi connectivity index (χ1n) is 7.04. The van der Waals surface area contributed by atoms with Gasteiger partial charge in [-0.05, 0) is 39.8 Å². The monoisotopic (exact) mass is 297 g/mol. The molecule has 0 saturated carbocycles. The minimum Gasteiger partial charge on any atom is -0.470 e. The van der Waals surface area contributed by atoms with Crippen LogP contribution in [0.15, 0.2) is 12.1 Å². The average molecular weight is 297 g/mol. The first kappa shape index (κ1) is 17.5. The number of nitrogen functional groups attached to an aromatic ring is 1. The molecule has 0 bridgehead atoms. The van der Waals surface area contributed by atoms with E-state index in [0.717, 1.165) is 0 Å². The van der Waals surface area contributed by atoms with Gasteiger partial charge in [0.1, 0.15) is 11.4 Å². The number of methoxy groups -OCH3 is 1. The Bertz CT molecular complexity index is 456. The lowest BCUT2D eigenvalue weighted by atomic mass is 10.0. The van der Waals surface area contributed by atoms with Crippen LogP contribution in [0.2, 0.25) is 0 Å². The lowest BCUT2D eigenvalue weighted by Crippen LogP contribution is -2.35. The van der Waals surface area contributed by atoms with Crippen LogP contribution in [0.5, 0.6) is 5.88 Å². The fourth-order valence-corrected chi connectivity index (χ4v) is 1.61. The Hall–Kier alpha value is -1.53. The molecule has 120 valence electrons. The zero-order valence-electron chi connectivity index (χ0n) is 13.6. The molecule has 0 aliphatic heterocycles. The maximum atomic E-state index is 10.2. The van der Waals surface area contributed by atoms with Crippen LogP contribution < -0.4 is 15.8 Å². The molecule has 0 aliphatic rings. The molecule has 1 aromatic rings. The summed E-state index contributed by atoms with van der Waals surface area (Å²) < 4.78 is 10.7. The fraction of sp³-hybridized carbons (Fsp3) is 0.667. The molecule has 0 spiro atoms. The Balaban J connectivity index is 2.70. The number of aliphatic hydroxyl groups is 1. The SMILES string of the molecule is COCCC(C)(O)CNc1ccc(N)c(OC(C)(C)C)n1. The molecule has 21 heavy (non-hydrogen) atoms. The zero-order valence-corrected chi connectivity index (χ0v) is 13.6. The third-order valence-electron chi connectivity index (χ3n) is 2.79. The van der Waals surface area contributed by atoms with Crippen molar-refractivity contribution in [2.75, 3.05) is 31.3 Å². The molecule has 1 aromatic heterocycles. The largest absolute Gasteiger partial charge is 0.470 e. The first-order valence-corrected chi connectivity index (χ1v) is 7.04. The minimum atomic E-state index is -0.871. The topological polar surface area (TPSA) is 89.6 Å². The molecule has 0 saturated heterocycles. The summed E-state index contributed by atoms with van der Waals surface area (Å²) in [6.07, 6.45) is 0.539. The normalized spacial score (nSPS) is 14.6. The number of hydrogen-bond acceptors (Lipinski definition) is 6. The van der Waals surface area contributed by atoms with Gasteiger partial charge in [-0.1, -0.05) is 0 Å². The van der Waals surface area contributed by atoms with Gasteiger partial charge in [-0.25, -0.2) is 0 Å². The average Bonchev–Trinajstić information content (AvgIpc) is 2.36. The predicted octanol–water partition coefficient (Wildman–Crippen LogP) is 2.04. The summed E-state index contributed by atoms with van der Waals surface area (Å²) >= 11 is 0. The van der Waals surface area contributed by atoms with Gasteiger partial charge in [0.15, 0.2) is 0 Å². The fourth-order valence-electron chi connectivity index (χ4n) is 1.61. The summed E-state index contributed by atoms with van der Waals surface area (Å²) in [6, 6.07) is 3.50. The van der Waals surface area contributed by atoms with Crippen molar-refractivity contribution in [1.29, 1.82) is 0 Å². The molecule has 4 N–H and O–H groups in total. The second-order valence-electron chi connectivity index (χ2n) is 6.40. The standard InChI is InChI=1S/C15H27N3O3/c1-14(2,3)21-13-11(16)6-7-12(18-13)17-10-15(4,19)8-9-20-5/h6-7,19H,8-10,16H2,1-5H3,(H,17,18). The van der Waals surface area contributed by atoms with Crippen LogP contribution >= 0.6 is 0 Å². The van der Waals surface area contributed by atoms with Crippen LogP contribution in [0.4, 0.5) is 11.5 Å². The number of hydrogen-bond donors (Lipinski definition) is 3. The summed E-state index contributed by atoms with van der Waals surface area (Å²) in [4.78, 5) is 4.34. The van der Waals surface area contributed by atoms with Gasteiger partial charge in [0.2, 0.25) is 5.88 Å². The van der Waals surface area contributed by atoms with Crippen molar-refractivity contribution < 1.29 is 14.6 Å². The van der Waals surface area contributed by atoms with Gasteiger partial charge in [-0.2, -0.15) is 4.98 Å². The molecule has 6 nitrogen and oxygen atoms in total. The van der Waals surface area contributed by atoms with Crippen LogP contribution in [0, 0.1) is 0 Å². The molecule has 0 radical (unpaired) electrons. The molecule has 0 aromatic carbocycles. The van der Waals surface area contributed by atoms with Crippen molar-refractivity contribution in [2.24, 2.45) is 0 Å². The minimum absolute atomic E-state index is 0.363. The van der Waals surface area contributed by atoms with Crippen LogP contribution in [0.3, 0.4) is 0 Å². The van der Waals surface area contributed by atoms with Gasteiger partial charge >= 0.3 is 0 Å². The van der Waals surface area contributed by atoms with Crippen molar-refractivity contribution >= 4 is 11.5 Å². The second kappa shape index (κ2) is 6.95. The van der Waals surface area contributed by atoms with Crippen LogP contribution in [0.1, 0.15) is 34.1 Å². The molecule has 0 aliphatic carbocycles. The maximum absolute atomic E-state index is 10.2. The van der Waals surface area contributed by atoms with E-state index in [9.17, 15) is 5.11 Å². The molecule has 0 amide bonds. The number of aromatic nitrogens is 1. The Kier molecular flexibility index (Phi) is 5.80. The van der Waals surface area contributed by atoms with Crippen molar-refractivity contribution in [3.8, 4) is 5.88 Å². The van der Waals surface area contributed by atoms with Gasteiger partial charge < -0.3 is 25.6 Å². The van der Waals surface area contributed by atoms with Crippen molar-refractivity contribution in [2.45, 2.75) is 45.3 Å². The summed E-state index contributed by atoms with van der Waals surface area (Å²) in [5, 5.41) is 13.3. The van der Waals surface area contributed by atoms with Crippen LogP contribution in [0.25, 0.3) is 0 Å². The van der Waals surface area contributed by atoms with Gasteiger partial charge in [0, 0.05) is 26.7 Å². The number of rotatable bonds is 7. The van der Waals surface area contributed by atoms with Crippen molar-refractivity contribution in [3.05, 3.63) is 12.1 Å². The molecule has 0 fully saturated rings. The van der Waals surface area contributed by atoms with Gasteiger partial charge in [0.05, 0.1) is 11.3 Å². The Labute approximate surface area is 126 Å². The van der Waals surface area contributed by atoms with E-state index in [2.05, 4.69) is 10.3 Å². The van der Waals surface area contributed by atoms with E-state index < -0.39 is 5.60 Å². The Morgan fingerprint density at radius 1 is 1.29 bits per heavy atom. The second-order valence-corrected chi connectivity index (χ2v) is 6.40. The number of nitrogens with two attached hydrogens (primary N) is 1. The van der Waals surface area contributed by atoms with E-state index in [0.29, 0.717) is 37.0 Å². The number of anilines is 2. The van der Waals surface area contributed by atoms with E-state index >= 15 is 0 Å². The summed E-state index contributed by atoms with van der Waals surface area (Å²) in [6.45, 7) is 8.42. The lowest BCUT2D eigenvalue weighted by molar-refractivity contribution is 0.0356. The van der Waals surface area contributed by atoms with Crippen LogP contribution in [-0.4, -0.2) is 41.6 Å². The quantitative estimate of drug-likeness (QED) is 0.713. The van der Waals surface area contributed by atoms with E-state index in [-0.39, 0.29) is 5.60 Å². The highest BCUT2D eigenvalue weighted by molar-refractivity contribution is 5.53. The predicted molar refractivity (Wildman–Crippen MR) is 84.6 cm³/mol. The van der Waals surface area contributed by atoms with E-state index in [1.54, 1.807) is 26.2 Å². The number of pyridine rings is 1. The number of ether oxygens (including phenoxy) is 2. The zero-order chi connectivity index (χ0) is 16.1. The van der Waals surface area contributed by atoms with Crippen molar-refractivity contribution in [3.63, 3.8) is 0 Å². The van der Waals surface area contributed by atoms with Gasteiger partial charge in [-0.15, -0.1) is 0 Å². The maximum Gasteiger partial charge on any atom is 0.239 e. The third-order valence-corrected chi connectivity index (χ3v) is 2.79. The Morgan fingerprint density at radius 3 is 2.52 bits per heavy atom. The summed E-state index contributed by atoms with van der Waals surface area (Å²) in [5.41, 5.74) is 5.11. The molecule has 1 atom stereocenters. The van der Waals surface area contributed by atoms with Gasteiger partial charge in [-0.3, -0.25) is 0 Å². The number of nitrogens with one attached hydrogen (secondary N) is 1. The number of nitrogens with zero attached hydrogens (tertiary/aromatic N) is 1. The molecule has 1 heterocycles. The molecule has 6 heteroatoms. The molecular formula is C15H27N3O3. The lowest BCUT2D eigenvalue weighted by Gasteiger charge is -2.24. The van der Waals surface area contributed by atoms with Crippen LogP contribution in [-0.2, 0) is 4.74 Å². The summed E-state index contributed by atoms with van der Waals surface area (Å²) in [7, 11) is 1.61. The summed E-state index contributed by atoms with van der Waals surface area (Å²) in [5.74, 6) is 1.00. The highest BCUT2D eigenvalue weighted by Crippen LogP contribution is 2.25. The van der Waals surface area contributed by atoms with Crippen molar-refractivity contribution in [1.82, 2.24) is 4.98 Å². The molecule has 1 unspecified atom stereocenters. The van der Waals surface area contributed by atoms with E-state index in [1.165, 1.54) is 0 Å². The molecule has 1 rings (SSSR count). The third kappa shape index (κ3) is 6.64. The highest BCUT2D eigenvalue weighted by atomic mass is 16.5. The first-order chi connectivity index (χ1) is 9.63. The smallest absolute Gasteiger partial charge is 0.239 e. The Morgan fingerprint density at radius 2 is 1.95 bits per heavy atom. The van der Waals surface area contributed by atoms with Gasteiger partial charge in [0.25, 0.3) is 0 Å².